The zero-order valence-corrected chi connectivity index (χ0v) is 11.9. The molecule has 0 saturated heterocycles. The van der Waals surface area contributed by atoms with Gasteiger partial charge in [-0.3, -0.25) is 4.79 Å². The second-order valence-electron chi connectivity index (χ2n) is 5.02. The van der Waals surface area contributed by atoms with Crippen molar-refractivity contribution >= 4 is 21.8 Å². The monoisotopic (exact) mass is 299 g/mol. The van der Waals surface area contributed by atoms with Gasteiger partial charge in [-0.25, -0.2) is 0 Å². The smallest absolute Gasteiger partial charge is 0.258 e. The largest absolute Gasteiger partial charge is 0.457 e. The lowest BCUT2D eigenvalue weighted by Crippen LogP contribution is -2.34. The van der Waals surface area contributed by atoms with Crippen LogP contribution in [0.2, 0.25) is 0 Å². The predicted octanol–water partition coefficient (Wildman–Crippen LogP) is 3.69. The van der Waals surface area contributed by atoms with Crippen LogP contribution >= 0.6 is 15.9 Å². The van der Waals surface area contributed by atoms with Crippen molar-refractivity contribution in [3.8, 4) is 0 Å². The zero-order chi connectivity index (χ0) is 12.4. The van der Waals surface area contributed by atoms with Gasteiger partial charge in [0.1, 0.15) is 0 Å². The topological polar surface area (TPSA) is 33.5 Å². The molecule has 2 rings (SSSR count). The third kappa shape index (κ3) is 3.12. The maximum Gasteiger partial charge on any atom is 0.258 e. The third-order valence-corrected chi connectivity index (χ3v) is 3.66. The first-order chi connectivity index (χ1) is 8.09. The Hall–Kier alpha value is -0.770. The summed E-state index contributed by atoms with van der Waals surface area (Å²) in [5, 5.41) is 0. The highest BCUT2D eigenvalue weighted by Gasteiger charge is 2.33. The minimum absolute atomic E-state index is 0.0915. The summed E-state index contributed by atoms with van der Waals surface area (Å²) in [5.74, 6) is 0.714. The number of rotatable bonds is 5. The molecule has 0 aliphatic heterocycles. The Morgan fingerprint density at radius 3 is 2.76 bits per heavy atom. The molecular formula is C13H18BrNO2. The van der Waals surface area contributed by atoms with Gasteiger partial charge in [-0.05, 0) is 47.2 Å². The van der Waals surface area contributed by atoms with E-state index in [9.17, 15) is 4.79 Å². The first kappa shape index (κ1) is 12.7. The van der Waals surface area contributed by atoms with E-state index in [4.69, 9.17) is 4.42 Å². The second-order valence-corrected chi connectivity index (χ2v) is 5.74. The van der Waals surface area contributed by atoms with Gasteiger partial charge in [0.05, 0.1) is 11.8 Å². The summed E-state index contributed by atoms with van der Waals surface area (Å²) in [6.45, 7) is 5.21. The molecule has 0 spiro atoms. The molecule has 1 aliphatic carbocycles. The van der Waals surface area contributed by atoms with Crippen LogP contribution in [0.3, 0.4) is 0 Å². The van der Waals surface area contributed by atoms with Crippen LogP contribution in [-0.2, 0) is 0 Å². The fourth-order valence-electron chi connectivity index (χ4n) is 1.83. The summed E-state index contributed by atoms with van der Waals surface area (Å²) in [4.78, 5) is 14.4. The van der Waals surface area contributed by atoms with Crippen molar-refractivity contribution in [2.24, 2.45) is 5.92 Å². The quantitative estimate of drug-likeness (QED) is 0.831. The molecule has 1 saturated carbocycles. The van der Waals surface area contributed by atoms with Gasteiger partial charge in [0.25, 0.3) is 5.91 Å². The van der Waals surface area contributed by atoms with Crippen LogP contribution in [0.15, 0.2) is 21.4 Å². The maximum atomic E-state index is 12.4. The van der Waals surface area contributed by atoms with Crippen LogP contribution in [0.4, 0.5) is 0 Å². The first-order valence-electron chi connectivity index (χ1n) is 6.13. The van der Waals surface area contributed by atoms with Crippen molar-refractivity contribution in [1.29, 1.82) is 0 Å². The number of hydrogen-bond acceptors (Lipinski definition) is 2. The number of furan rings is 1. The highest BCUT2D eigenvalue weighted by atomic mass is 79.9. The van der Waals surface area contributed by atoms with E-state index in [1.165, 1.54) is 0 Å². The van der Waals surface area contributed by atoms with Gasteiger partial charge in [-0.15, -0.1) is 0 Å². The molecule has 1 aliphatic rings. The molecule has 3 nitrogen and oxygen atoms in total. The van der Waals surface area contributed by atoms with E-state index in [-0.39, 0.29) is 5.91 Å². The van der Waals surface area contributed by atoms with E-state index in [2.05, 4.69) is 29.8 Å². The summed E-state index contributed by atoms with van der Waals surface area (Å²) in [6.07, 6.45) is 4.88. The second kappa shape index (κ2) is 5.25. The molecule has 1 amide bonds. The van der Waals surface area contributed by atoms with E-state index in [0.717, 1.165) is 25.8 Å². The van der Waals surface area contributed by atoms with Gasteiger partial charge < -0.3 is 9.32 Å². The van der Waals surface area contributed by atoms with Crippen molar-refractivity contribution in [1.82, 2.24) is 4.90 Å². The van der Waals surface area contributed by atoms with Gasteiger partial charge in [-0.2, -0.15) is 0 Å². The van der Waals surface area contributed by atoms with Crippen LogP contribution in [0.25, 0.3) is 0 Å². The van der Waals surface area contributed by atoms with Crippen LogP contribution in [-0.4, -0.2) is 23.4 Å². The van der Waals surface area contributed by atoms with E-state index < -0.39 is 0 Å². The Kier molecular flexibility index (Phi) is 3.92. The van der Waals surface area contributed by atoms with Gasteiger partial charge in [0.15, 0.2) is 4.67 Å². The summed E-state index contributed by atoms with van der Waals surface area (Å²) < 4.78 is 5.67. The average Bonchev–Trinajstić information content (AvgIpc) is 3.00. The van der Waals surface area contributed by atoms with Crippen molar-refractivity contribution in [3.63, 3.8) is 0 Å². The van der Waals surface area contributed by atoms with Crippen molar-refractivity contribution in [3.05, 3.63) is 22.6 Å². The Bertz CT molecular complexity index is 396. The predicted molar refractivity (Wildman–Crippen MR) is 69.9 cm³/mol. The molecule has 1 heterocycles. The molecule has 0 N–H and O–H groups in total. The molecular weight excluding hydrogens is 282 g/mol. The Morgan fingerprint density at radius 1 is 1.59 bits per heavy atom. The molecule has 0 unspecified atom stereocenters. The fraction of sp³-hybridized carbons (Fsp3) is 0.615. The number of amides is 1. The standard InChI is InChI=1S/C13H18BrNO2/c1-9(2)5-7-15(10-3-4-10)13(16)11-6-8-17-12(11)14/h6,8-10H,3-5,7H2,1-2H3. The molecule has 0 radical (unpaired) electrons. The van der Waals surface area contributed by atoms with Crippen LogP contribution < -0.4 is 0 Å². The molecule has 94 valence electrons. The molecule has 0 bridgehead atoms. The molecule has 1 aromatic rings. The average molecular weight is 300 g/mol. The summed E-state index contributed by atoms with van der Waals surface area (Å²) in [6, 6.07) is 2.18. The Labute approximate surface area is 110 Å². The van der Waals surface area contributed by atoms with Crippen molar-refractivity contribution in [2.45, 2.75) is 39.2 Å². The minimum Gasteiger partial charge on any atom is -0.457 e. The van der Waals surface area contributed by atoms with Crippen molar-refractivity contribution in [2.75, 3.05) is 6.54 Å². The summed E-state index contributed by atoms with van der Waals surface area (Å²) >= 11 is 3.27. The highest BCUT2D eigenvalue weighted by Crippen LogP contribution is 2.30. The maximum absolute atomic E-state index is 12.4. The number of hydrogen-bond donors (Lipinski definition) is 0. The Balaban J connectivity index is 2.05. The molecule has 0 aromatic carbocycles. The highest BCUT2D eigenvalue weighted by molar-refractivity contribution is 9.10. The first-order valence-corrected chi connectivity index (χ1v) is 6.93. The van der Waals surface area contributed by atoms with Crippen LogP contribution in [0.1, 0.15) is 43.5 Å². The molecule has 1 fully saturated rings. The normalized spacial score (nSPS) is 15.3. The van der Waals surface area contributed by atoms with E-state index in [1.807, 2.05) is 4.90 Å². The third-order valence-electron chi connectivity index (χ3n) is 3.04. The van der Waals surface area contributed by atoms with Gasteiger partial charge >= 0.3 is 0 Å². The number of nitrogens with zero attached hydrogens (tertiary/aromatic N) is 1. The number of carbonyl (C=O) groups excluding carboxylic acids is 1. The molecule has 4 heteroatoms. The van der Waals surface area contributed by atoms with E-state index >= 15 is 0 Å². The SMILES string of the molecule is CC(C)CCN(C(=O)c1ccoc1Br)C1CC1. The fourth-order valence-corrected chi connectivity index (χ4v) is 2.24. The Morgan fingerprint density at radius 2 is 2.29 bits per heavy atom. The van der Waals surface area contributed by atoms with Crippen LogP contribution in [0, 0.1) is 5.92 Å². The number of halogens is 1. The number of carbonyl (C=O) groups is 1. The lowest BCUT2D eigenvalue weighted by Gasteiger charge is -2.22. The lowest BCUT2D eigenvalue weighted by atomic mass is 10.1. The summed E-state index contributed by atoms with van der Waals surface area (Å²) in [5.41, 5.74) is 0.639. The van der Waals surface area contributed by atoms with E-state index in [1.54, 1.807) is 12.3 Å². The van der Waals surface area contributed by atoms with Gasteiger partial charge in [0.2, 0.25) is 0 Å². The summed E-state index contributed by atoms with van der Waals surface area (Å²) in [7, 11) is 0. The molecule has 0 atom stereocenters. The van der Waals surface area contributed by atoms with Crippen molar-refractivity contribution < 1.29 is 9.21 Å². The van der Waals surface area contributed by atoms with E-state index in [0.29, 0.717) is 22.2 Å². The minimum atomic E-state index is 0.0915. The van der Waals surface area contributed by atoms with Gasteiger partial charge in [-0.1, -0.05) is 13.8 Å². The van der Waals surface area contributed by atoms with Crippen LogP contribution in [0.5, 0.6) is 0 Å². The molecule has 17 heavy (non-hydrogen) atoms. The van der Waals surface area contributed by atoms with Gasteiger partial charge in [0, 0.05) is 12.6 Å². The molecule has 1 aromatic heterocycles. The zero-order valence-electron chi connectivity index (χ0n) is 10.3. The lowest BCUT2D eigenvalue weighted by molar-refractivity contribution is 0.0733.